The van der Waals surface area contributed by atoms with Gasteiger partial charge in [0.05, 0.1) is 19.4 Å². The van der Waals surface area contributed by atoms with Gasteiger partial charge in [0, 0.05) is 17.0 Å². The van der Waals surface area contributed by atoms with Crippen molar-refractivity contribution in [2.75, 3.05) is 13.7 Å². The molecule has 1 aliphatic heterocycles. The van der Waals surface area contributed by atoms with Gasteiger partial charge < -0.3 is 9.64 Å². The van der Waals surface area contributed by atoms with Crippen LogP contribution >= 0.6 is 11.6 Å². The molecular weight excluding hydrogens is 398 g/mol. The molecule has 0 bridgehead atoms. The largest absolute Gasteiger partial charge is 0.497 e. The number of nitrogens with zero attached hydrogens (tertiary/aromatic N) is 1. The number of amides is 1. The molecule has 0 N–H and O–H groups in total. The maximum Gasteiger partial charge on any atom is 0.256 e. The predicted octanol–water partition coefficient (Wildman–Crippen LogP) is 5.84. The van der Waals surface area contributed by atoms with Crippen molar-refractivity contribution in [2.24, 2.45) is 0 Å². The molecule has 1 aromatic carbocycles. The molecule has 0 saturated heterocycles. The Balaban J connectivity index is 2.78. The fourth-order valence-corrected chi connectivity index (χ4v) is 3.05. The summed E-state index contributed by atoms with van der Waals surface area (Å²) >= 11 is 6.21. The molecule has 0 aliphatic carbocycles. The van der Waals surface area contributed by atoms with E-state index in [9.17, 15) is 22.4 Å². The monoisotopic (exact) mass is 415 g/mol. The fraction of sp³-hybridized carbons (Fsp3) is 0.250. The number of allylic oxidation sites excluding steroid dienone is 6. The predicted molar refractivity (Wildman–Crippen MR) is 100 cm³/mol. The van der Waals surface area contributed by atoms with Gasteiger partial charge in [0.2, 0.25) is 5.91 Å². The highest BCUT2D eigenvalue weighted by Crippen LogP contribution is 2.40. The van der Waals surface area contributed by atoms with Gasteiger partial charge in [-0.1, -0.05) is 30.3 Å². The lowest BCUT2D eigenvalue weighted by atomic mass is 9.93. The minimum absolute atomic E-state index is 0.00661. The second-order valence-corrected chi connectivity index (χ2v) is 6.23. The van der Waals surface area contributed by atoms with Crippen LogP contribution in [0.3, 0.4) is 0 Å². The maximum absolute atomic E-state index is 15.0. The zero-order valence-corrected chi connectivity index (χ0v) is 15.8. The minimum atomic E-state index is -2.93. The summed E-state index contributed by atoms with van der Waals surface area (Å²) in [4.78, 5) is 12.8. The molecule has 0 unspecified atom stereocenters. The van der Waals surface area contributed by atoms with Crippen LogP contribution in [0, 0.1) is 0 Å². The Morgan fingerprint density at radius 2 is 2.07 bits per heavy atom. The second kappa shape index (κ2) is 9.59. The number of benzene rings is 1. The smallest absolute Gasteiger partial charge is 0.256 e. The highest BCUT2D eigenvalue weighted by molar-refractivity contribution is 6.32. The Bertz CT molecular complexity index is 862. The maximum atomic E-state index is 15.0. The van der Waals surface area contributed by atoms with Crippen molar-refractivity contribution in [1.82, 2.24) is 4.90 Å². The summed E-state index contributed by atoms with van der Waals surface area (Å²) in [7, 11) is 1.41. The van der Waals surface area contributed by atoms with Gasteiger partial charge in [0.15, 0.2) is 11.7 Å². The number of ether oxygens (including phenoxy) is 1. The number of hydrogen-bond donors (Lipinski definition) is 0. The van der Waals surface area contributed by atoms with Crippen molar-refractivity contribution in [3.05, 3.63) is 70.9 Å². The van der Waals surface area contributed by atoms with Gasteiger partial charge in [0.25, 0.3) is 6.43 Å². The van der Waals surface area contributed by atoms with Crippen LogP contribution in [0.25, 0.3) is 5.57 Å². The summed E-state index contributed by atoms with van der Waals surface area (Å²) in [6.07, 6.45) is 0.0987. The Kier molecular flexibility index (Phi) is 7.45. The van der Waals surface area contributed by atoms with Gasteiger partial charge >= 0.3 is 0 Å². The molecule has 1 amide bonds. The molecule has 0 fully saturated rings. The minimum Gasteiger partial charge on any atom is -0.497 e. The number of alkyl halides is 2. The van der Waals surface area contributed by atoms with Crippen LogP contribution in [-0.2, 0) is 4.79 Å². The van der Waals surface area contributed by atoms with Gasteiger partial charge in [0.1, 0.15) is 5.75 Å². The molecule has 0 spiro atoms. The molecule has 0 aromatic heterocycles. The topological polar surface area (TPSA) is 29.5 Å². The number of halogens is 5. The van der Waals surface area contributed by atoms with Gasteiger partial charge in [-0.15, -0.1) is 0 Å². The van der Waals surface area contributed by atoms with E-state index in [1.807, 2.05) is 0 Å². The summed E-state index contributed by atoms with van der Waals surface area (Å²) in [5.41, 5.74) is -0.139. The van der Waals surface area contributed by atoms with E-state index >= 15 is 0 Å². The third-order valence-electron chi connectivity index (χ3n) is 4.06. The molecule has 1 aromatic rings. The highest BCUT2D eigenvalue weighted by Gasteiger charge is 2.34. The summed E-state index contributed by atoms with van der Waals surface area (Å²) in [5, 5.41) is 0.189. The number of hydrogen-bond acceptors (Lipinski definition) is 2. The van der Waals surface area contributed by atoms with E-state index in [0.29, 0.717) is 10.6 Å². The lowest BCUT2D eigenvalue weighted by molar-refractivity contribution is -0.131. The average molecular weight is 416 g/mol. The Morgan fingerprint density at radius 1 is 1.36 bits per heavy atom. The number of carbonyl (C=O) groups is 1. The second-order valence-electron chi connectivity index (χ2n) is 5.83. The standard InChI is InChI=1S/C20H18ClF4NO2/c1-3-4-5-16(22)19(25)20-13(7-9-18(27)26(20)11-17(23)24)14-10-12(28-2)6-8-15(14)21/h3-6,8,10,17H,1,7,9,11H2,2H3/b5-4-,19-16+. The van der Waals surface area contributed by atoms with Crippen LogP contribution in [0.2, 0.25) is 5.02 Å². The van der Waals surface area contributed by atoms with E-state index < -0.39 is 36.2 Å². The van der Waals surface area contributed by atoms with Gasteiger partial charge in [-0.05, 0) is 36.3 Å². The Hall–Kier alpha value is -2.54. The molecule has 28 heavy (non-hydrogen) atoms. The highest BCUT2D eigenvalue weighted by atomic mass is 35.5. The van der Waals surface area contributed by atoms with Crippen LogP contribution in [0.4, 0.5) is 17.6 Å². The molecule has 3 nitrogen and oxygen atoms in total. The van der Waals surface area contributed by atoms with Crippen LogP contribution in [0.5, 0.6) is 5.75 Å². The first-order chi connectivity index (χ1) is 13.3. The zero-order valence-electron chi connectivity index (χ0n) is 15.0. The Labute approximate surface area is 165 Å². The van der Waals surface area contributed by atoms with Crippen molar-refractivity contribution in [1.29, 1.82) is 0 Å². The van der Waals surface area contributed by atoms with E-state index in [-0.39, 0.29) is 29.0 Å². The first-order valence-corrected chi connectivity index (χ1v) is 8.68. The quantitative estimate of drug-likeness (QED) is 0.413. The van der Waals surface area contributed by atoms with Crippen LogP contribution in [0.1, 0.15) is 18.4 Å². The van der Waals surface area contributed by atoms with E-state index in [4.69, 9.17) is 16.3 Å². The van der Waals surface area contributed by atoms with Crippen LogP contribution < -0.4 is 4.74 Å². The SMILES string of the molecule is C=C/C=C\C(F)=C(/F)C1=C(c2cc(OC)ccc2Cl)CCC(=O)N1CC(F)F. The average Bonchev–Trinajstić information content (AvgIpc) is 2.67. The molecule has 0 atom stereocenters. The van der Waals surface area contributed by atoms with Crippen molar-refractivity contribution in [3.8, 4) is 5.75 Å². The van der Waals surface area contributed by atoms with Crippen LogP contribution in [0.15, 0.2) is 60.4 Å². The third kappa shape index (κ3) is 4.84. The summed E-state index contributed by atoms with van der Waals surface area (Å²) < 4.78 is 60.5. The number of rotatable bonds is 7. The van der Waals surface area contributed by atoms with E-state index in [2.05, 4.69) is 6.58 Å². The molecule has 150 valence electrons. The van der Waals surface area contributed by atoms with E-state index in [1.54, 1.807) is 6.07 Å². The lowest BCUT2D eigenvalue weighted by Crippen LogP contribution is -2.38. The lowest BCUT2D eigenvalue weighted by Gasteiger charge is -2.31. The van der Waals surface area contributed by atoms with Crippen molar-refractivity contribution in [2.45, 2.75) is 19.3 Å². The fourth-order valence-electron chi connectivity index (χ4n) is 2.82. The van der Waals surface area contributed by atoms with Gasteiger partial charge in [-0.2, -0.15) is 0 Å². The zero-order chi connectivity index (χ0) is 20.8. The molecular formula is C20H18ClF4NO2. The first kappa shape index (κ1) is 21.8. The summed E-state index contributed by atoms with van der Waals surface area (Å²) in [6.45, 7) is 2.29. The molecule has 1 aliphatic rings. The molecule has 2 rings (SSSR count). The normalized spacial score (nSPS) is 16.1. The molecule has 0 radical (unpaired) electrons. The van der Waals surface area contributed by atoms with Crippen LogP contribution in [-0.4, -0.2) is 30.9 Å². The van der Waals surface area contributed by atoms with E-state index in [0.717, 1.165) is 12.2 Å². The summed E-state index contributed by atoms with van der Waals surface area (Å²) in [6, 6.07) is 4.54. The van der Waals surface area contributed by atoms with E-state index in [1.165, 1.54) is 25.3 Å². The van der Waals surface area contributed by atoms with Gasteiger partial charge in [-0.25, -0.2) is 17.6 Å². The summed E-state index contributed by atoms with van der Waals surface area (Å²) in [5.74, 6) is -3.09. The molecule has 1 heterocycles. The van der Waals surface area contributed by atoms with Crippen molar-refractivity contribution >= 4 is 23.1 Å². The van der Waals surface area contributed by atoms with Gasteiger partial charge in [-0.3, -0.25) is 4.79 Å². The molecule has 8 heteroatoms. The molecule has 0 saturated carbocycles. The number of methoxy groups -OCH3 is 1. The number of carbonyl (C=O) groups excluding carboxylic acids is 1. The first-order valence-electron chi connectivity index (χ1n) is 8.30. The third-order valence-corrected chi connectivity index (χ3v) is 4.39. The van der Waals surface area contributed by atoms with Crippen molar-refractivity contribution < 1.29 is 27.1 Å². The van der Waals surface area contributed by atoms with Crippen molar-refractivity contribution in [3.63, 3.8) is 0 Å². The Morgan fingerprint density at radius 3 is 2.68 bits per heavy atom.